The average molecular weight is 228 g/mol. The second-order valence-corrected chi connectivity index (χ2v) is 3.50. The van der Waals surface area contributed by atoms with E-state index in [4.69, 9.17) is 10.5 Å². The van der Waals surface area contributed by atoms with E-state index >= 15 is 0 Å². The largest absolute Gasteiger partial charge is 0.460 e. The van der Waals surface area contributed by atoms with E-state index in [2.05, 4.69) is 11.9 Å². The molecule has 0 heterocycles. The van der Waals surface area contributed by atoms with Crippen molar-refractivity contribution in [3.63, 3.8) is 0 Å². The molecule has 5 nitrogen and oxygen atoms in total. The smallest absolute Gasteiger partial charge is 0.323 e. The number of nitrogens with two attached hydrogens (primary N) is 1. The minimum absolute atomic E-state index is 0.0466. The van der Waals surface area contributed by atoms with Gasteiger partial charge in [-0.3, -0.25) is 9.59 Å². The summed E-state index contributed by atoms with van der Waals surface area (Å²) >= 11 is 0. The van der Waals surface area contributed by atoms with Crippen LogP contribution in [0.5, 0.6) is 0 Å². The predicted molar refractivity (Wildman–Crippen MR) is 61.7 cm³/mol. The Labute approximate surface area is 96.0 Å². The molecule has 1 atom stereocenters. The summed E-state index contributed by atoms with van der Waals surface area (Å²) in [6.45, 7) is 5.72. The van der Waals surface area contributed by atoms with E-state index < -0.39 is 12.0 Å². The van der Waals surface area contributed by atoms with Gasteiger partial charge in [-0.25, -0.2) is 0 Å². The average Bonchev–Trinajstić information content (AvgIpc) is 2.24. The summed E-state index contributed by atoms with van der Waals surface area (Å²) in [6, 6.07) is -0.586. The Kier molecular flexibility index (Phi) is 8.15. The van der Waals surface area contributed by atoms with Crippen molar-refractivity contribution in [2.45, 2.75) is 32.2 Å². The summed E-state index contributed by atoms with van der Waals surface area (Å²) in [7, 11) is 0. The van der Waals surface area contributed by atoms with Gasteiger partial charge in [-0.2, -0.15) is 0 Å². The fourth-order valence-electron chi connectivity index (χ4n) is 1.12. The Balaban J connectivity index is 3.49. The van der Waals surface area contributed by atoms with E-state index in [9.17, 15) is 9.59 Å². The van der Waals surface area contributed by atoms with Gasteiger partial charge < -0.3 is 15.8 Å². The lowest BCUT2D eigenvalue weighted by atomic mass is 10.1. The highest BCUT2D eigenvalue weighted by molar-refractivity contribution is 5.75. The number of amides is 1. The van der Waals surface area contributed by atoms with Gasteiger partial charge in [0, 0.05) is 13.5 Å². The Morgan fingerprint density at radius 3 is 2.75 bits per heavy atom. The molecule has 3 N–H and O–H groups in total. The van der Waals surface area contributed by atoms with Crippen LogP contribution in [0.4, 0.5) is 0 Å². The van der Waals surface area contributed by atoms with E-state index in [1.54, 1.807) is 0 Å². The van der Waals surface area contributed by atoms with Gasteiger partial charge in [0.15, 0.2) is 0 Å². The number of carbonyl (C=O) groups excluding carboxylic acids is 2. The van der Waals surface area contributed by atoms with Gasteiger partial charge in [-0.1, -0.05) is 12.7 Å². The SMILES string of the molecule is C=CCOC(=O)C(N)CCCCNC(C)=O. The zero-order valence-corrected chi connectivity index (χ0v) is 9.70. The summed E-state index contributed by atoms with van der Waals surface area (Å²) in [4.78, 5) is 21.8. The lowest BCUT2D eigenvalue weighted by Crippen LogP contribution is -2.32. The van der Waals surface area contributed by atoms with Gasteiger partial charge >= 0.3 is 5.97 Å². The van der Waals surface area contributed by atoms with Gasteiger partial charge in [-0.15, -0.1) is 0 Å². The van der Waals surface area contributed by atoms with Crippen LogP contribution in [-0.2, 0) is 14.3 Å². The molecule has 0 aliphatic rings. The molecule has 0 fully saturated rings. The molecule has 0 aliphatic carbocycles. The molecule has 5 heteroatoms. The van der Waals surface area contributed by atoms with Crippen molar-refractivity contribution < 1.29 is 14.3 Å². The van der Waals surface area contributed by atoms with Crippen LogP contribution >= 0.6 is 0 Å². The molecule has 0 aliphatic heterocycles. The second kappa shape index (κ2) is 8.91. The third-order valence-electron chi connectivity index (χ3n) is 1.96. The summed E-state index contributed by atoms with van der Waals surface area (Å²) in [6.07, 6.45) is 3.66. The van der Waals surface area contributed by atoms with Crippen LogP contribution in [0.2, 0.25) is 0 Å². The number of esters is 1. The van der Waals surface area contributed by atoms with Gasteiger partial charge in [0.05, 0.1) is 0 Å². The molecule has 0 rings (SSSR count). The van der Waals surface area contributed by atoms with Crippen molar-refractivity contribution in [3.8, 4) is 0 Å². The fraction of sp³-hybridized carbons (Fsp3) is 0.636. The molecule has 1 unspecified atom stereocenters. The number of carbonyl (C=O) groups is 2. The summed E-state index contributed by atoms with van der Waals surface area (Å²) in [5, 5.41) is 2.67. The van der Waals surface area contributed by atoms with E-state index in [1.165, 1.54) is 13.0 Å². The Morgan fingerprint density at radius 1 is 1.50 bits per heavy atom. The lowest BCUT2D eigenvalue weighted by molar-refractivity contribution is -0.144. The van der Waals surface area contributed by atoms with Crippen molar-refractivity contribution in [3.05, 3.63) is 12.7 Å². The van der Waals surface area contributed by atoms with Crippen molar-refractivity contribution in [2.75, 3.05) is 13.2 Å². The first-order chi connectivity index (χ1) is 7.57. The van der Waals surface area contributed by atoms with Crippen LogP contribution < -0.4 is 11.1 Å². The van der Waals surface area contributed by atoms with Crippen LogP contribution in [0.25, 0.3) is 0 Å². The molecular formula is C11H20N2O3. The zero-order valence-electron chi connectivity index (χ0n) is 9.70. The molecular weight excluding hydrogens is 208 g/mol. The summed E-state index contributed by atoms with van der Waals surface area (Å²) < 4.78 is 4.80. The van der Waals surface area contributed by atoms with E-state index in [0.29, 0.717) is 13.0 Å². The highest BCUT2D eigenvalue weighted by Gasteiger charge is 2.13. The number of rotatable bonds is 8. The quantitative estimate of drug-likeness (QED) is 0.357. The van der Waals surface area contributed by atoms with Gasteiger partial charge in [0.1, 0.15) is 12.6 Å². The number of unbranched alkanes of at least 4 members (excludes halogenated alkanes) is 1. The van der Waals surface area contributed by atoms with Crippen LogP contribution in [0.15, 0.2) is 12.7 Å². The van der Waals surface area contributed by atoms with Gasteiger partial charge in [0.25, 0.3) is 0 Å². The summed E-state index contributed by atoms with van der Waals surface area (Å²) in [5.41, 5.74) is 5.60. The van der Waals surface area contributed by atoms with Crippen molar-refractivity contribution >= 4 is 11.9 Å². The molecule has 0 radical (unpaired) electrons. The molecule has 0 bridgehead atoms. The lowest BCUT2D eigenvalue weighted by Gasteiger charge is -2.10. The summed E-state index contributed by atoms with van der Waals surface area (Å²) in [5.74, 6) is -0.450. The van der Waals surface area contributed by atoms with E-state index in [1.807, 2.05) is 0 Å². The Morgan fingerprint density at radius 2 is 2.19 bits per heavy atom. The molecule has 0 spiro atoms. The normalized spacial score (nSPS) is 11.6. The molecule has 92 valence electrons. The zero-order chi connectivity index (χ0) is 12.4. The molecule has 0 saturated heterocycles. The van der Waals surface area contributed by atoms with Crippen LogP contribution in [0.3, 0.4) is 0 Å². The maximum Gasteiger partial charge on any atom is 0.323 e. The third kappa shape index (κ3) is 7.99. The highest BCUT2D eigenvalue weighted by Crippen LogP contribution is 2.00. The highest BCUT2D eigenvalue weighted by atomic mass is 16.5. The third-order valence-corrected chi connectivity index (χ3v) is 1.96. The first kappa shape index (κ1) is 14.6. The molecule has 0 aromatic carbocycles. The number of hydrogen-bond donors (Lipinski definition) is 2. The monoisotopic (exact) mass is 228 g/mol. The van der Waals surface area contributed by atoms with Crippen LogP contribution in [0, 0.1) is 0 Å². The molecule has 1 amide bonds. The van der Waals surface area contributed by atoms with E-state index in [-0.39, 0.29) is 12.5 Å². The van der Waals surface area contributed by atoms with Crippen molar-refractivity contribution in [1.29, 1.82) is 0 Å². The number of hydrogen-bond acceptors (Lipinski definition) is 4. The Hall–Kier alpha value is -1.36. The van der Waals surface area contributed by atoms with Crippen molar-refractivity contribution in [2.24, 2.45) is 5.73 Å². The fourth-order valence-corrected chi connectivity index (χ4v) is 1.12. The molecule has 0 aromatic heterocycles. The second-order valence-electron chi connectivity index (χ2n) is 3.50. The molecule has 16 heavy (non-hydrogen) atoms. The topological polar surface area (TPSA) is 81.4 Å². The Bertz CT molecular complexity index is 241. The first-order valence-corrected chi connectivity index (χ1v) is 5.35. The first-order valence-electron chi connectivity index (χ1n) is 5.35. The van der Waals surface area contributed by atoms with Gasteiger partial charge in [0.2, 0.25) is 5.91 Å². The molecule has 0 aromatic rings. The minimum Gasteiger partial charge on any atom is -0.460 e. The number of nitrogens with one attached hydrogen (secondary N) is 1. The maximum atomic E-state index is 11.2. The minimum atomic E-state index is -0.586. The van der Waals surface area contributed by atoms with Gasteiger partial charge in [-0.05, 0) is 19.3 Å². The van der Waals surface area contributed by atoms with Crippen molar-refractivity contribution in [1.82, 2.24) is 5.32 Å². The maximum absolute atomic E-state index is 11.2. The predicted octanol–water partition coefficient (Wildman–Crippen LogP) is 0.349. The van der Waals surface area contributed by atoms with Crippen LogP contribution in [0.1, 0.15) is 26.2 Å². The molecule has 0 saturated carbocycles. The van der Waals surface area contributed by atoms with E-state index in [0.717, 1.165) is 12.8 Å². The van der Waals surface area contributed by atoms with Crippen LogP contribution in [-0.4, -0.2) is 31.1 Å². The standard InChI is InChI=1S/C11H20N2O3/c1-3-8-16-11(15)10(12)6-4-5-7-13-9(2)14/h3,10H,1,4-8,12H2,2H3,(H,13,14). The number of ether oxygens (including phenoxy) is 1.